The summed E-state index contributed by atoms with van der Waals surface area (Å²) in [5.74, 6) is -4.43. The van der Waals surface area contributed by atoms with Crippen LogP contribution in [0.3, 0.4) is 0 Å². The first-order valence-corrected chi connectivity index (χ1v) is 13.3. The van der Waals surface area contributed by atoms with E-state index in [-0.39, 0.29) is 23.6 Å². The van der Waals surface area contributed by atoms with E-state index in [9.17, 15) is 19.2 Å². The summed E-state index contributed by atoms with van der Waals surface area (Å²) in [5, 5.41) is 0. The van der Waals surface area contributed by atoms with Crippen molar-refractivity contribution in [1.29, 1.82) is 0 Å². The Morgan fingerprint density at radius 3 is 1.21 bits per heavy atom. The molecule has 8 heteroatoms. The maximum Gasteiger partial charge on any atom is 0.238 e. The molecule has 2 heterocycles. The van der Waals surface area contributed by atoms with Crippen molar-refractivity contribution in [3.8, 4) is 0 Å². The topological polar surface area (TPSA) is 74.8 Å². The third kappa shape index (κ3) is 2.90. The number of anilines is 2. The number of imide groups is 2. The lowest BCUT2D eigenvalue weighted by molar-refractivity contribution is -0.137. The highest BCUT2D eigenvalue weighted by atomic mass is 127. The molecule has 6 atom stereocenters. The molecule has 0 aromatic heterocycles. The van der Waals surface area contributed by atoms with E-state index in [1.54, 1.807) is 12.1 Å². The molecule has 2 saturated heterocycles. The summed E-state index contributed by atoms with van der Waals surface area (Å²) in [6.45, 7) is 3.77. The summed E-state index contributed by atoms with van der Waals surface area (Å²) in [4.78, 5) is 57.2. The molecule has 172 valence electrons. The molecular formula is C26H20I2N2O4. The summed E-state index contributed by atoms with van der Waals surface area (Å²) in [6.07, 6.45) is 3.80. The van der Waals surface area contributed by atoms with Crippen LogP contribution in [0.4, 0.5) is 11.4 Å². The molecule has 2 aliphatic heterocycles. The molecule has 1 saturated carbocycles. The lowest BCUT2D eigenvalue weighted by atomic mass is 9.54. The first-order valence-electron chi connectivity index (χ1n) is 11.2. The van der Waals surface area contributed by atoms with Gasteiger partial charge in [0, 0.05) is 19.0 Å². The number of carbonyl (C=O) groups is 4. The van der Waals surface area contributed by atoms with E-state index in [4.69, 9.17) is 0 Å². The molecule has 0 radical (unpaired) electrons. The Kier molecular flexibility index (Phi) is 5.08. The molecule has 2 aromatic rings. The van der Waals surface area contributed by atoms with E-state index < -0.39 is 35.5 Å². The zero-order valence-corrected chi connectivity index (χ0v) is 22.7. The Balaban J connectivity index is 1.41. The molecule has 2 unspecified atom stereocenters. The quantitative estimate of drug-likeness (QED) is 0.271. The fraction of sp³-hybridized carbons (Fsp3) is 0.308. The predicted molar refractivity (Wildman–Crippen MR) is 143 cm³/mol. The summed E-state index contributed by atoms with van der Waals surface area (Å²) in [7, 11) is 0. The van der Waals surface area contributed by atoms with E-state index in [0.717, 1.165) is 18.3 Å². The lowest BCUT2D eigenvalue weighted by Gasteiger charge is -2.44. The molecule has 3 fully saturated rings. The maximum atomic E-state index is 13.7. The second-order valence-corrected chi connectivity index (χ2v) is 12.0. The van der Waals surface area contributed by atoms with Crippen molar-refractivity contribution in [1.82, 2.24) is 0 Å². The molecule has 3 aliphatic carbocycles. The van der Waals surface area contributed by atoms with Gasteiger partial charge in [-0.05, 0) is 107 Å². The maximum absolute atomic E-state index is 13.7. The van der Waals surface area contributed by atoms with Crippen molar-refractivity contribution in [2.75, 3.05) is 9.80 Å². The summed E-state index contributed by atoms with van der Waals surface area (Å²) < 4.78 is 2.04. The van der Waals surface area contributed by atoms with Crippen LogP contribution >= 0.6 is 45.2 Å². The Labute approximate surface area is 224 Å². The zero-order chi connectivity index (χ0) is 24.0. The van der Waals surface area contributed by atoms with Gasteiger partial charge in [0.25, 0.3) is 0 Å². The van der Waals surface area contributed by atoms with E-state index in [0.29, 0.717) is 11.4 Å². The van der Waals surface area contributed by atoms with Crippen LogP contribution in [0.5, 0.6) is 0 Å². The van der Waals surface area contributed by atoms with E-state index in [1.807, 2.05) is 50.3 Å². The number of allylic oxidation sites excluding steroid dienone is 2. The number of aryl methyl sites for hydroxylation is 2. The number of halogens is 2. The number of rotatable bonds is 2. The Bertz CT molecular complexity index is 1210. The molecule has 2 bridgehead atoms. The van der Waals surface area contributed by atoms with Crippen LogP contribution in [-0.2, 0) is 19.2 Å². The van der Waals surface area contributed by atoms with Gasteiger partial charge in [-0.1, -0.05) is 12.2 Å². The van der Waals surface area contributed by atoms with Crippen LogP contribution in [0.25, 0.3) is 0 Å². The van der Waals surface area contributed by atoms with Crippen LogP contribution in [0, 0.1) is 56.5 Å². The fourth-order valence-corrected chi connectivity index (χ4v) is 7.73. The minimum atomic E-state index is -0.614. The third-order valence-electron chi connectivity index (χ3n) is 7.81. The molecule has 0 N–H and O–H groups in total. The molecule has 34 heavy (non-hydrogen) atoms. The van der Waals surface area contributed by atoms with Gasteiger partial charge in [0.2, 0.25) is 23.6 Å². The first kappa shape index (κ1) is 22.4. The van der Waals surface area contributed by atoms with E-state index >= 15 is 0 Å². The molecule has 7 rings (SSSR count). The largest absolute Gasteiger partial charge is 0.274 e. The number of hydrogen-bond donors (Lipinski definition) is 0. The average Bonchev–Trinajstić information content (AvgIpc) is 3.22. The molecule has 6 nitrogen and oxygen atoms in total. The molecule has 4 amide bonds. The smallest absolute Gasteiger partial charge is 0.238 e. The third-order valence-corrected chi connectivity index (χ3v) is 9.15. The summed E-state index contributed by atoms with van der Waals surface area (Å²) >= 11 is 4.40. The van der Waals surface area contributed by atoms with Crippen LogP contribution in [0.1, 0.15) is 11.1 Å². The molecular weight excluding hydrogens is 658 g/mol. The Morgan fingerprint density at radius 1 is 0.588 bits per heavy atom. The van der Waals surface area contributed by atoms with Gasteiger partial charge < -0.3 is 0 Å². The minimum absolute atomic E-state index is 0.263. The molecule has 2 aromatic carbocycles. The number of benzene rings is 2. The van der Waals surface area contributed by atoms with Crippen LogP contribution in [0.2, 0.25) is 0 Å². The zero-order valence-electron chi connectivity index (χ0n) is 18.4. The second kappa shape index (κ2) is 7.71. The number of carbonyl (C=O) groups excluding carboxylic acids is 4. The van der Waals surface area contributed by atoms with Gasteiger partial charge in [0.1, 0.15) is 0 Å². The summed E-state index contributed by atoms with van der Waals surface area (Å²) in [5.41, 5.74) is 2.87. The van der Waals surface area contributed by atoms with Crippen LogP contribution in [-0.4, -0.2) is 23.6 Å². The lowest BCUT2D eigenvalue weighted by Crippen LogP contribution is -2.50. The van der Waals surface area contributed by atoms with Gasteiger partial charge in [0.05, 0.1) is 35.0 Å². The highest BCUT2D eigenvalue weighted by molar-refractivity contribution is 14.1. The average molecular weight is 678 g/mol. The van der Waals surface area contributed by atoms with Gasteiger partial charge in [-0.15, -0.1) is 0 Å². The molecule has 5 aliphatic rings. The van der Waals surface area contributed by atoms with Gasteiger partial charge in [-0.3, -0.25) is 19.2 Å². The number of hydrogen-bond acceptors (Lipinski definition) is 4. The SMILES string of the molecule is Cc1cc(I)ccc1N1C(=O)[C@@H]2C3C=CC([C@@H]2C1=O)[C@@H]1C(=O)N(c2ccc(I)cc2C)C(=O)[C@@H]31. The summed E-state index contributed by atoms with van der Waals surface area (Å²) in [6, 6.07) is 11.2. The highest BCUT2D eigenvalue weighted by Crippen LogP contribution is 2.58. The van der Waals surface area contributed by atoms with Crippen molar-refractivity contribution < 1.29 is 19.2 Å². The predicted octanol–water partition coefficient (Wildman–Crippen LogP) is 4.24. The molecule has 0 spiro atoms. The Morgan fingerprint density at radius 2 is 0.912 bits per heavy atom. The monoisotopic (exact) mass is 678 g/mol. The Hall–Kier alpha value is -2.08. The highest BCUT2D eigenvalue weighted by Gasteiger charge is 2.69. The van der Waals surface area contributed by atoms with E-state index in [1.165, 1.54) is 9.80 Å². The van der Waals surface area contributed by atoms with Crippen molar-refractivity contribution in [3.05, 3.63) is 66.8 Å². The van der Waals surface area contributed by atoms with Crippen molar-refractivity contribution in [3.63, 3.8) is 0 Å². The number of nitrogens with zero attached hydrogens (tertiary/aromatic N) is 2. The first-order chi connectivity index (χ1) is 16.2. The normalized spacial score (nSPS) is 31.5. The van der Waals surface area contributed by atoms with Gasteiger partial charge in [0.15, 0.2) is 0 Å². The second-order valence-electron chi connectivity index (χ2n) is 9.53. The van der Waals surface area contributed by atoms with Gasteiger partial charge in [-0.25, -0.2) is 9.80 Å². The van der Waals surface area contributed by atoms with Crippen LogP contribution < -0.4 is 9.80 Å². The van der Waals surface area contributed by atoms with Crippen molar-refractivity contribution in [2.45, 2.75) is 13.8 Å². The van der Waals surface area contributed by atoms with Crippen molar-refractivity contribution >= 4 is 80.2 Å². The fourth-order valence-electron chi connectivity index (χ4n) is 6.44. The van der Waals surface area contributed by atoms with E-state index in [2.05, 4.69) is 45.2 Å². The number of amides is 4. The minimum Gasteiger partial charge on any atom is -0.274 e. The van der Waals surface area contributed by atoms with Gasteiger partial charge in [-0.2, -0.15) is 0 Å². The van der Waals surface area contributed by atoms with Gasteiger partial charge >= 0.3 is 0 Å². The standard InChI is InChI=1S/C26H20I2N2O4/c1-11-9-13(27)3-7-17(11)29-23(31)19-15-5-6-16(20(19)24(29)32)22-21(15)25(33)30(26(22)34)18-8-4-14(28)10-12(18)2/h3-10,15-16,19-22H,1-2H3/t15?,16?,19-,20-,21-,22+/m0/s1. The van der Waals surface area contributed by atoms with Crippen LogP contribution in [0.15, 0.2) is 48.6 Å². The van der Waals surface area contributed by atoms with Crippen molar-refractivity contribution in [2.24, 2.45) is 35.5 Å².